The molecule has 1 heterocycles. The smallest absolute Gasteiger partial charge is 0.319 e. The molecule has 1 saturated heterocycles. The van der Waals surface area contributed by atoms with Gasteiger partial charge in [-0.25, -0.2) is 4.79 Å². The fraction of sp³-hybridized carbons (Fsp3) is 0.500. The van der Waals surface area contributed by atoms with Crippen LogP contribution in [-0.4, -0.2) is 61.0 Å². The van der Waals surface area contributed by atoms with Crippen molar-refractivity contribution in [2.45, 2.75) is 13.3 Å². The van der Waals surface area contributed by atoms with Gasteiger partial charge < -0.3 is 20.4 Å². The number of likely N-dealkylation sites (N-methyl/N-ethyl adjacent to an activating group) is 1. The monoisotopic (exact) mass is 338 g/mol. The lowest BCUT2D eigenvalue weighted by Crippen LogP contribution is -2.49. The molecule has 7 heteroatoms. The number of amides is 3. The molecule has 0 saturated carbocycles. The van der Waals surface area contributed by atoms with Gasteiger partial charge in [-0.3, -0.25) is 4.79 Å². The van der Waals surface area contributed by atoms with Crippen molar-refractivity contribution in [1.82, 2.24) is 15.1 Å². The number of halogens is 1. The average Bonchev–Trinajstić information content (AvgIpc) is 2.57. The molecule has 0 radical (unpaired) electrons. The minimum atomic E-state index is -0.323. The van der Waals surface area contributed by atoms with Crippen LogP contribution < -0.4 is 10.6 Å². The predicted molar refractivity (Wildman–Crippen MR) is 91.8 cm³/mol. The lowest BCUT2D eigenvalue weighted by molar-refractivity contribution is -0.132. The lowest BCUT2D eigenvalue weighted by Gasteiger charge is -2.34. The number of nitrogens with one attached hydrogen (secondary N) is 2. The van der Waals surface area contributed by atoms with Crippen LogP contribution in [0, 0.1) is 0 Å². The van der Waals surface area contributed by atoms with Crippen LogP contribution in [0.5, 0.6) is 0 Å². The molecule has 1 fully saturated rings. The Morgan fingerprint density at radius 2 is 1.78 bits per heavy atom. The summed E-state index contributed by atoms with van der Waals surface area (Å²) in [5.74, 6) is 0.0903. The molecule has 1 aromatic rings. The second-order valence-electron chi connectivity index (χ2n) is 5.45. The number of nitrogens with zero attached hydrogens (tertiary/aromatic N) is 2. The van der Waals surface area contributed by atoms with Crippen LogP contribution in [-0.2, 0) is 4.79 Å². The summed E-state index contributed by atoms with van der Waals surface area (Å²) in [6, 6.07) is 6.53. The molecular formula is C16H23ClN4O2. The topological polar surface area (TPSA) is 64.7 Å². The summed E-state index contributed by atoms with van der Waals surface area (Å²) in [5.41, 5.74) is 0.661. The Hall–Kier alpha value is -1.79. The molecule has 0 unspecified atom stereocenters. The molecule has 1 aliphatic heterocycles. The summed E-state index contributed by atoms with van der Waals surface area (Å²) in [4.78, 5) is 28.0. The van der Waals surface area contributed by atoms with Crippen molar-refractivity contribution in [2.75, 3.05) is 44.6 Å². The molecule has 23 heavy (non-hydrogen) atoms. The summed E-state index contributed by atoms with van der Waals surface area (Å²) in [7, 11) is 0. The van der Waals surface area contributed by atoms with Gasteiger partial charge in [0, 0.05) is 49.9 Å². The van der Waals surface area contributed by atoms with Crippen LogP contribution in [0.4, 0.5) is 10.5 Å². The van der Waals surface area contributed by atoms with E-state index < -0.39 is 0 Å². The van der Waals surface area contributed by atoms with Crippen molar-refractivity contribution >= 4 is 29.2 Å². The minimum absolute atomic E-state index is 0.0903. The highest BCUT2D eigenvalue weighted by atomic mass is 35.5. The molecular weight excluding hydrogens is 316 g/mol. The summed E-state index contributed by atoms with van der Waals surface area (Å²) < 4.78 is 0. The Balaban J connectivity index is 1.65. The van der Waals surface area contributed by atoms with Crippen molar-refractivity contribution in [1.29, 1.82) is 0 Å². The molecule has 2 N–H and O–H groups in total. The third-order valence-corrected chi connectivity index (χ3v) is 4.15. The first-order valence-corrected chi connectivity index (χ1v) is 8.27. The van der Waals surface area contributed by atoms with E-state index in [0.29, 0.717) is 23.7 Å². The Morgan fingerprint density at radius 3 is 2.39 bits per heavy atom. The summed E-state index contributed by atoms with van der Waals surface area (Å²) in [6.07, 6.45) is 0.320. The first-order valence-electron chi connectivity index (χ1n) is 7.89. The Labute approximate surface area is 141 Å². The molecule has 6 nitrogen and oxygen atoms in total. The molecule has 0 spiro atoms. The molecule has 1 aromatic carbocycles. The molecule has 0 aromatic heterocycles. The molecule has 126 valence electrons. The van der Waals surface area contributed by atoms with Gasteiger partial charge in [-0.05, 0) is 30.8 Å². The van der Waals surface area contributed by atoms with Gasteiger partial charge in [-0.2, -0.15) is 0 Å². The third-order valence-electron chi connectivity index (χ3n) is 3.90. The maximum absolute atomic E-state index is 12.1. The highest BCUT2D eigenvalue weighted by molar-refractivity contribution is 6.30. The van der Waals surface area contributed by atoms with E-state index in [1.807, 2.05) is 4.90 Å². The van der Waals surface area contributed by atoms with Crippen molar-refractivity contribution in [3.8, 4) is 0 Å². The largest absolute Gasteiger partial charge is 0.340 e. The fourth-order valence-electron chi connectivity index (χ4n) is 2.46. The zero-order valence-corrected chi connectivity index (χ0v) is 14.1. The third kappa shape index (κ3) is 5.73. The standard InChI is InChI=1S/C16H23ClN4O2/c1-2-20-9-11-21(12-10-20)15(22)7-8-18-16(23)19-14-5-3-13(17)4-6-14/h3-6H,2,7-12H2,1H3,(H2,18,19,23). The van der Waals surface area contributed by atoms with E-state index in [-0.39, 0.29) is 11.9 Å². The number of benzene rings is 1. The maximum atomic E-state index is 12.1. The first-order chi connectivity index (χ1) is 11.1. The Kier molecular flexibility index (Phi) is 6.67. The van der Waals surface area contributed by atoms with Gasteiger partial charge in [0.05, 0.1) is 0 Å². The quantitative estimate of drug-likeness (QED) is 0.863. The number of piperazine rings is 1. The van der Waals surface area contributed by atoms with Gasteiger partial charge in [0.2, 0.25) is 5.91 Å². The van der Waals surface area contributed by atoms with Gasteiger partial charge in [0.15, 0.2) is 0 Å². The lowest BCUT2D eigenvalue weighted by atomic mass is 10.2. The van der Waals surface area contributed by atoms with Gasteiger partial charge in [-0.1, -0.05) is 18.5 Å². The van der Waals surface area contributed by atoms with Crippen molar-refractivity contribution in [2.24, 2.45) is 0 Å². The highest BCUT2D eigenvalue weighted by Crippen LogP contribution is 2.13. The SMILES string of the molecule is CCN1CCN(C(=O)CCNC(=O)Nc2ccc(Cl)cc2)CC1. The van der Waals surface area contributed by atoms with Crippen molar-refractivity contribution in [3.05, 3.63) is 29.3 Å². The number of hydrogen-bond donors (Lipinski definition) is 2. The summed E-state index contributed by atoms with van der Waals surface area (Å²) >= 11 is 5.79. The molecule has 1 aliphatic rings. The van der Waals surface area contributed by atoms with Gasteiger partial charge in [0.1, 0.15) is 0 Å². The number of hydrogen-bond acceptors (Lipinski definition) is 3. The maximum Gasteiger partial charge on any atom is 0.319 e. The van der Waals surface area contributed by atoms with E-state index in [1.165, 1.54) is 0 Å². The van der Waals surface area contributed by atoms with E-state index >= 15 is 0 Å². The van der Waals surface area contributed by atoms with E-state index in [9.17, 15) is 9.59 Å². The summed E-state index contributed by atoms with van der Waals surface area (Å²) in [5, 5.41) is 6.01. The van der Waals surface area contributed by atoms with Crippen LogP contribution in [0.3, 0.4) is 0 Å². The number of carbonyl (C=O) groups excluding carboxylic acids is 2. The van der Waals surface area contributed by atoms with Crippen LogP contribution in [0.2, 0.25) is 5.02 Å². The van der Waals surface area contributed by atoms with E-state index in [4.69, 9.17) is 11.6 Å². The predicted octanol–water partition coefficient (Wildman–Crippen LogP) is 2.02. The van der Waals surface area contributed by atoms with E-state index in [2.05, 4.69) is 22.5 Å². The molecule has 0 aliphatic carbocycles. The van der Waals surface area contributed by atoms with E-state index in [0.717, 1.165) is 32.7 Å². The van der Waals surface area contributed by atoms with Crippen LogP contribution in [0.15, 0.2) is 24.3 Å². The molecule has 0 bridgehead atoms. The minimum Gasteiger partial charge on any atom is -0.340 e. The Bertz CT molecular complexity index is 527. The highest BCUT2D eigenvalue weighted by Gasteiger charge is 2.19. The van der Waals surface area contributed by atoms with Crippen LogP contribution in [0.25, 0.3) is 0 Å². The number of anilines is 1. The van der Waals surface area contributed by atoms with Crippen molar-refractivity contribution in [3.63, 3.8) is 0 Å². The average molecular weight is 339 g/mol. The Morgan fingerprint density at radius 1 is 1.13 bits per heavy atom. The number of rotatable bonds is 5. The van der Waals surface area contributed by atoms with Gasteiger partial charge in [0.25, 0.3) is 0 Å². The molecule has 3 amide bonds. The van der Waals surface area contributed by atoms with Crippen LogP contribution >= 0.6 is 11.6 Å². The molecule has 0 atom stereocenters. The fourth-order valence-corrected chi connectivity index (χ4v) is 2.59. The zero-order valence-electron chi connectivity index (χ0n) is 13.3. The second kappa shape index (κ2) is 8.74. The van der Waals surface area contributed by atoms with Gasteiger partial charge >= 0.3 is 6.03 Å². The molecule has 2 rings (SSSR count). The first kappa shape index (κ1) is 17.6. The number of carbonyl (C=O) groups is 2. The van der Waals surface area contributed by atoms with Crippen LogP contribution in [0.1, 0.15) is 13.3 Å². The number of urea groups is 1. The zero-order chi connectivity index (χ0) is 16.7. The van der Waals surface area contributed by atoms with Crippen molar-refractivity contribution < 1.29 is 9.59 Å². The van der Waals surface area contributed by atoms with E-state index in [1.54, 1.807) is 24.3 Å². The summed E-state index contributed by atoms with van der Waals surface area (Å²) in [6.45, 7) is 6.86. The normalized spacial score (nSPS) is 15.3. The van der Waals surface area contributed by atoms with Gasteiger partial charge in [-0.15, -0.1) is 0 Å². The second-order valence-corrected chi connectivity index (χ2v) is 5.89.